The molecule has 25 heavy (non-hydrogen) atoms. The predicted molar refractivity (Wildman–Crippen MR) is 95.3 cm³/mol. The van der Waals surface area contributed by atoms with Crippen molar-refractivity contribution in [3.8, 4) is 5.75 Å². The van der Waals surface area contributed by atoms with E-state index in [2.05, 4.69) is 0 Å². The molecule has 2 aromatic carbocycles. The number of fused-ring (bicyclic) bond motifs is 1. The molecule has 0 aromatic heterocycles. The second-order valence-electron chi connectivity index (χ2n) is 6.37. The molecule has 1 N–H and O–H groups in total. The zero-order chi connectivity index (χ0) is 18.0. The van der Waals surface area contributed by atoms with Gasteiger partial charge in [-0.25, -0.2) is 4.79 Å². The summed E-state index contributed by atoms with van der Waals surface area (Å²) in [5, 5.41) is 9.26. The Kier molecular flexibility index (Phi) is 4.74. The van der Waals surface area contributed by atoms with Crippen LogP contribution in [0.15, 0.2) is 42.5 Å². The summed E-state index contributed by atoms with van der Waals surface area (Å²) in [5.74, 6) is -0.276. The highest BCUT2D eigenvalue weighted by Gasteiger charge is 2.27. The van der Waals surface area contributed by atoms with Crippen LogP contribution in [-0.2, 0) is 11.2 Å². The largest absolute Gasteiger partial charge is 0.487 e. The zero-order valence-corrected chi connectivity index (χ0v) is 14.4. The lowest BCUT2D eigenvalue weighted by Crippen LogP contribution is -2.42. The molecule has 1 heterocycles. The Morgan fingerprint density at radius 2 is 2.00 bits per heavy atom. The van der Waals surface area contributed by atoms with Crippen LogP contribution < -0.4 is 9.64 Å². The average Bonchev–Trinajstić information content (AvgIpc) is 2.58. The number of hydrogen-bond donors (Lipinski definition) is 1. The normalized spacial score (nSPS) is 16.1. The van der Waals surface area contributed by atoms with Crippen LogP contribution in [0.4, 0.5) is 5.69 Å². The third-order valence-electron chi connectivity index (χ3n) is 4.33. The number of carboxylic acids is 1. The second kappa shape index (κ2) is 6.97. The standard InChI is InChI=1S/C20H21NO4/c1-13-7-9-17-18(11-13)25-14(2)12-21(17)19(22)10-8-15-5-3-4-6-16(15)20(23)24/h3-7,9,11,14H,8,10,12H2,1-2H3,(H,23,24). The molecule has 1 aliphatic heterocycles. The fourth-order valence-electron chi connectivity index (χ4n) is 3.11. The van der Waals surface area contributed by atoms with Crippen molar-refractivity contribution in [2.45, 2.75) is 32.8 Å². The number of aromatic carboxylic acids is 1. The first-order valence-corrected chi connectivity index (χ1v) is 8.34. The minimum atomic E-state index is -0.969. The summed E-state index contributed by atoms with van der Waals surface area (Å²) in [5.41, 5.74) is 2.78. The average molecular weight is 339 g/mol. The molecule has 0 aliphatic carbocycles. The van der Waals surface area contributed by atoms with E-state index < -0.39 is 5.97 Å². The van der Waals surface area contributed by atoms with E-state index in [4.69, 9.17) is 4.74 Å². The molecular weight excluding hydrogens is 318 g/mol. The summed E-state index contributed by atoms with van der Waals surface area (Å²) in [6.45, 7) is 4.42. The van der Waals surface area contributed by atoms with Crippen molar-refractivity contribution >= 4 is 17.6 Å². The van der Waals surface area contributed by atoms with E-state index >= 15 is 0 Å². The molecule has 3 rings (SSSR count). The van der Waals surface area contributed by atoms with Gasteiger partial charge in [-0.3, -0.25) is 4.79 Å². The van der Waals surface area contributed by atoms with Crippen molar-refractivity contribution in [2.24, 2.45) is 0 Å². The van der Waals surface area contributed by atoms with Crippen LogP contribution in [-0.4, -0.2) is 29.6 Å². The maximum Gasteiger partial charge on any atom is 0.335 e. The van der Waals surface area contributed by atoms with Crippen molar-refractivity contribution in [2.75, 3.05) is 11.4 Å². The lowest BCUT2D eigenvalue weighted by Gasteiger charge is -2.33. The van der Waals surface area contributed by atoms with Gasteiger partial charge in [0.2, 0.25) is 5.91 Å². The molecule has 1 aliphatic rings. The molecule has 5 nitrogen and oxygen atoms in total. The van der Waals surface area contributed by atoms with Crippen molar-refractivity contribution in [1.82, 2.24) is 0 Å². The van der Waals surface area contributed by atoms with E-state index in [0.29, 0.717) is 18.5 Å². The summed E-state index contributed by atoms with van der Waals surface area (Å²) < 4.78 is 5.83. The van der Waals surface area contributed by atoms with Gasteiger partial charge < -0.3 is 14.7 Å². The van der Waals surface area contributed by atoms with E-state index in [1.165, 1.54) is 0 Å². The van der Waals surface area contributed by atoms with Crippen molar-refractivity contribution in [3.63, 3.8) is 0 Å². The van der Waals surface area contributed by atoms with Crippen LogP contribution in [0.3, 0.4) is 0 Å². The lowest BCUT2D eigenvalue weighted by molar-refractivity contribution is -0.119. The number of ether oxygens (including phenoxy) is 1. The highest BCUT2D eigenvalue weighted by atomic mass is 16.5. The second-order valence-corrected chi connectivity index (χ2v) is 6.37. The zero-order valence-electron chi connectivity index (χ0n) is 14.4. The summed E-state index contributed by atoms with van der Waals surface area (Å²) in [7, 11) is 0. The maximum absolute atomic E-state index is 12.8. The van der Waals surface area contributed by atoms with Gasteiger partial charge in [-0.05, 0) is 49.6 Å². The Morgan fingerprint density at radius 3 is 2.76 bits per heavy atom. The summed E-state index contributed by atoms with van der Waals surface area (Å²) >= 11 is 0. The van der Waals surface area contributed by atoms with Crippen LogP contribution in [0, 0.1) is 6.92 Å². The number of carbonyl (C=O) groups is 2. The lowest BCUT2D eigenvalue weighted by atomic mass is 10.0. The van der Waals surface area contributed by atoms with E-state index in [1.807, 2.05) is 32.0 Å². The third-order valence-corrected chi connectivity index (χ3v) is 4.33. The van der Waals surface area contributed by atoms with Gasteiger partial charge in [0.15, 0.2) is 0 Å². The molecule has 0 spiro atoms. The van der Waals surface area contributed by atoms with Gasteiger partial charge >= 0.3 is 5.97 Å². The van der Waals surface area contributed by atoms with Gasteiger partial charge in [-0.15, -0.1) is 0 Å². The highest BCUT2D eigenvalue weighted by molar-refractivity contribution is 5.96. The molecule has 2 aromatic rings. The van der Waals surface area contributed by atoms with E-state index in [9.17, 15) is 14.7 Å². The molecule has 1 atom stereocenters. The fraction of sp³-hybridized carbons (Fsp3) is 0.300. The SMILES string of the molecule is Cc1ccc2c(c1)OC(C)CN2C(=O)CCc1ccccc1C(=O)O. The molecule has 0 saturated carbocycles. The minimum Gasteiger partial charge on any atom is -0.487 e. The van der Waals surface area contributed by atoms with Crippen LogP contribution in [0.2, 0.25) is 0 Å². The van der Waals surface area contributed by atoms with Crippen LogP contribution in [0.1, 0.15) is 34.8 Å². The first kappa shape index (κ1) is 17.0. The third kappa shape index (κ3) is 3.65. The Hall–Kier alpha value is -2.82. The Labute approximate surface area is 146 Å². The van der Waals surface area contributed by atoms with Gasteiger partial charge in [0.1, 0.15) is 11.9 Å². The number of hydrogen-bond acceptors (Lipinski definition) is 3. The molecular formula is C20H21NO4. The molecule has 1 amide bonds. The van der Waals surface area contributed by atoms with E-state index in [1.54, 1.807) is 29.2 Å². The smallest absolute Gasteiger partial charge is 0.335 e. The van der Waals surface area contributed by atoms with Gasteiger partial charge in [0, 0.05) is 6.42 Å². The van der Waals surface area contributed by atoms with Crippen molar-refractivity contribution in [3.05, 3.63) is 59.2 Å². The number of nitrogens with zero attached hydrogens (tertiary/aromatic N) is 1. The number of anilines is 1. The topological polar surface area (TPSA) is 66.8 Å². The molecule has 0 bridgehead atoms. The molecule has 1 unspecified atom stereocenters. The van der Waals surface area contributed by atoms with Crippen LogP contribution >= 0.6 is 0 Å². The van der Waals surface area contributed by atoms with Crippen LogP contribution in [0.5, 0.6) is 5.75 Å². The first-order chi connectivity index (χ1) is 12.0. The van der Waals surface area contributed by atoms with Crippen molar-refractivity contribution < 1.29 is 19.4 Å². The molecule has 130 valence electrons. The number of benzene rings is 2. The van der Waals surface area contributed by atoms with Gasteiger partial charge in [0.25, 0.3) is 0 Å². The monoisotopic (exact) mass is 339 g/mol. The summed E-state index contributed by atoms with van der Waals surface area (Å²) in [4.78, 5) is 25.8. The highest BCUT2D eigenvalue weighted by Crippen LogP contribution is 2.34. The van der Waals surface area contributed by atoms with Gasteiger partial charge in [0.05, 0.1) is 17.8 Å². The molecule has 0 radical (unpaired) electrons. The number of carbonyl (C=O) groups excluding carboxylic acids is 1. The Balaban J connectivity index is 1.78. The predicted octanol–water partition coefficient (Wildman–Crippen LogP) is 3.44. The Bertz CT molecular complexity index is 815. The Morgan fingerprint density at radius 1 is 1.24 bits per heavy atom. The van der Waals surface area contributed by atoms with Gasteiger partial charge in [-0.2, -0.15) is 0 Å². The minimum absolute atomic E-state index is 0.0274. The van der Waals surface area contributed by atoms with E-state index in [0.717, 1.165) is 17.0 Å². The molecule has 0 saturated heterocycles. The molecule has 5 heteroatoms. The fourth-order valence-corrected chi connectivity index (χ4v) is 3.11. The quantitative estimate of drug-likeness (QED) is 0.926. The maximum atomic E-state index is 12.8. The van der Waals surface area contributed by atoms with E-state index in [-0.39, 0.29) is 24.0 Å². The number of carboxylic acid groups (broad SMARTS) is 1. The number of aryl methyl sites for hydroxylation is 2. The number of rotatable bonds is 4. The van der Waals surface area contributed by atoms with Crippen LogP contribution in [0.25, 0.3) is 0 Å². The summed E-state index contributed by atoms with van der Waals surface area (Å²) in [6.07, 6.45) is 0.572. The van der Waals surface area contributed by atoms with Gasteiger partial charge in [-0.1, -0.05) is 24.3 Å². The first-order valence-electron chi connectivity index (χ1n) is 8.34. The van der Waals surface area contributed by atoms with Crippen molar-refractivity contribution in [1.29, 1.82) is 0 Å². The molecule has 0 fully saturated rings. The summed E-state index contributed by atoms with van der Waals surface area (Å²) in [6, 6.07) is 12.6. The number of amides is 1.